The highest BCUT2D eigenvalue weighted by atomic mass is 16.5. The highest BCUT2D eigenvalue weighted by Crippen LogP contribution is 2.08. The first-order chi connectivity index (χ1) is 11.7. The number of unbranched alkanes of at least 4 members (excludes halogenated alkanes) is 3. The maximum absolute atomic E-state index is 5.42. The van der Waals surface area contributed by atoms with Gasteiger partial charge in [0.15, 0.2) is 0 Å². The van der Waals surface area contributed by atoms with Crippen LogP contribution >= 0.6 is 0 Å². The van der Waals surface area contributed by atoms with Crippen molar-refractivity contribution >= 4 is 0 Å². The maximum atomic E-state index is 5.42. The highest BCUT2D eigenvalue weighted by molar-refractivity contribution is 4.65. The summed E-state index contributed by atoms with van der Waals surface area (Å²) in [6.45, 7) is 13.1. The third kappa shape index (κ3) is 11.3. The van der Waals surface area contributed by atoms with E-state index in [1.165, 1.54) is 32.1 Å². The third-order valence-corrected chi connectivity index (χ3v) is 4.09. The van der Waals surface area contributed by atoms with Gasteiger partial charge in [-0.3, -0.25) is 16.0 Å². The minimum absolute atomic E-state index is 0.315. The lowest BCUT2D eigenvalue weighted by atomic mass is 10.1. The molecule has 3 N–H and O–H groups in total. The fourth-order valence-corrected chi connectivity index (χ4v) is 2.66. The van der Waals surface area contributed by atoms with Crippen LogP contribution in [0.4, 0.5) is 0 Å². The number of rotatable bonds is 6. The Morgan fingerprint density at radius 1 is 0.917 bits per heavy atom. The fraction of sp³-hybridized carbons (Fsp3) is 1.00. The summed E-state index contributed by atoms with van der Waals surface area (Å²) >= 11 is 0. The second kappa shape index (κ2) is 15.0. The second-order valence-corrected chi connectivity index (χ2v) is 6.71. The molecule has 6 nitrogen and oxygen atoms in total. The molecule has 144 valence electrons. The Balaban J connectivity index is 0.000000193. The van der Waals surface area contributed by atoms with Crippen LogP contribution in [-0.4, -0.2) is 58.6 Å². The maximum Gasteiger partial charge on any atom is 0.110 e. The minimum Gasteiger partial charge on any atom is -0.365 e. The van der Waals surface area contributed by atoms with Crippen molar-refractivity contribution < 1.29 is 14.2 Å². The second-order valence-electron chi connectivity index (χ2n) is 6.71. The van der Waals surface area contributed by atoms with Gasteiger partial charge in [0.2, 0.25) is 0 Å². The molecule has 3 saturated heterocycles. The van der Waals surface area contributed by atoms with Crippen LogP contribution in [0, 0.1) is 5.92 Å². The van der Waals surface area contributed by atoms with E-state index in [9.17, 15) is 0 Å². The SMILES string of the molecule is C1COCN1.CC(C)C1NCCO1.CCCCCCC1NCCO1. The molecule has 3 heterocycles. The van der Waals surface area contributed by atoms with Crippen LogP contribution in [0.25, 0.3) is 0 Å². The highest BCUT2D eigenvalue weighted by Gasteiger charge is 2.16. The molecule has 3 aliphatic rings. The Hall–Kier alpha value is -0.240. The van der Waals surface area contributed by atoms with Crippen LogP contribution in [0.2, 0.25) is 0 Å². The lowest BCUT2D eigenvalue weighted by Gasteiger charge is -2.12. The third-order valence-electron chi connectivity index (χ3n) is 4.09. The van der Waals surface area contributed by atoms with E-state index in [2.05, 4.69) is 36.7 Å². The van der Waals surface area contributed by atoms with Gasteiger partial charge in [-0.15, -0.1) is 0 Å². The molecular formula is C18H39N3O3. The van der Waals surface area contributed by atoms with E-state index in [0.717, 1.165) is 46.2 Å². The molecule has 0 bridgehead atoms. The molecule has 0 aromatic heterocycles. The van der Waals surface area contributed by atoms with Gasteiger partial charge in [-0.25, -0.2) is 0 Å². The first-order valence-electron chi connectivity index (χ1n) is 9.72. The van der Waals surface area contributed by atoms with Crippen LogP contribution in [0.5, 0.6) is 0 Å². The average molecular weight is 346 g/mol. The number of hydrogen-bond acceptors (Lipinski definition) is 6. The van der Waals surface area contributed by atoms with Gasteiger partial charge in [0.05, 0.1) is 26.6 Å². The summed E-state index contributed by atoms with van der Waals surface area (Å²) in [5, 5.41) is 9.55. The van der Waals surface area contributed by atoms with E-state index in [1.54, 1.807) is 0 Å². The quantitative estimate of drug-likeness (QED) is 0.641. The lowest BCUT2D eigenvalue weighted by Crippen LogP contribution is -2.27. The summed E-state index contributed by atoms with van der Waals surface area (Å²) in [5.74, 6) is 0.609. The fourth-order valence-electron chi connectivity index (χ4n) is 2.66. The predicted octanol–water partition coefficient (Wildman–Crippen LogP) is 2.05. The molecule has 0 aliphatic carbocycles. The molecule has 0 radical (unpaired) electrons. The van der Waals surface area contributed by atoms with Gasteiger partial charge in [0.25, 0.3) is 0 Å². The zero-order chi connectivity index (χ0) is 17.5. The van der Waals surface area contributed by atoms with Gasteiger partial charge >= 0.3 is 0 Å². The van der Waals surface area contributed by atoms with Gasteiger partial charge in [-0.1, -0.05) is 40.0 Å². The van der Waals surface area contributed by atoms with Crippen LogP contribution in [0.15, 0.2) is 0 Å². The van der Waals surface area contributed by atoms with Gasteiger partial charge in [0.1, 0.15) is 12.5 Å². The van der Waals surface area contributed by atoms with E-state index in [0.29, 0.717) is 18.4 Å². The molecule has 2 atom stereocenters. The number of ether oxygens (including phenoxy) is 3. The molecule has 3 fully saturated rings. The van der Waals surface area contributed by atoms with Crippen molar-refractivity contribution in [2.24, 2.45) is 5.92 Å². The first kappa shape index (κ1) is 21.8. The monoisotopic (exact) mass is 345 g/mol. The normalized spacial score (nSPS) is 26.0. The molecule has 0 spiro atoms. The van der Waals surface area contributed by atoms with Crippen LogP contribution < -0.4 is 16.0 Å². The molecule has 0 saturated carbocycles. The van der Waals surface area contributed by atoms with Crippen molar-refractivity contribution in [1.29, 1.82) is 0 Å². The van der Waals surface area contributed by atoms with E-state index < -0.39 is 0 Å². The van der Waals surface area contributed by atoms with Gasteiger partial charge in [-0.05, 0) is 18.8 Å². The van der Waals surface area contributed by atoms with Crippen molar-refractivity contribution in [3.63, 3.8) is 0 Å². The summed E-state index contributed by atoms with van der Waals surface area (Å²) in [7, 11) is 0. The zero-order valence-corrected chi connectivity index (χ0v) is 15.9. The summed E-state index contributed by atoms with van der Waals surface area (Å²) in [6, 6.07) is 0. The van der Waals surface area contributed by atoms with Crippen molar-refractivity contribution in [2.75, 3.05) is 46.2 Å². The topological polar surface area (TPSA) is 63.8 Å². The molecule has 0 amide bonds. The standard InChI is InChI=1S/C9H19NO.C6H13NO.C3H7NO/c1-2-3-4-5-6-9-10-7-8-11-9;1-5(2)6-7-3-4-8-6;1-2-5-3-4-1/h9-10H,2-8H2,1H3;5-7H,3-4H2,1-2H3;4H,1-3H2. The Kier molecular flexibility index (Phi) is 13.7. The molecule has 3 rings (SSSR count). The largest absolute Gasteiger partial charge is 0.365 e. The van der Waals surface area contributed by atoms with E-state index >= 15 is 0 Å². The number of nitrogens with one attached hydrogen (secondary N) is 3. The van der Waals surface area contributed by atoms with Crippen molar-refractivity contribution in [3.05, 3.63) is 0 Å². The Morgan fingerprint density at radius 2 is 1.71 bits per heavy atom. The van der Waals surface area contributed by atoms with Gasteiger partial charge < -0.3 is 14.2 Å². The smallest absolute Gasteiger partial charge is 0.110 e. The molecular weight excluding hydrogens is 306 g/mol. The van der Waals surface area contributed by atoms with E-state index in [-0.39, 0.29) is 0 Å². The predicted molar refractivity (Wildman–Crippen MR) is 97.9 cm³/mol. The number of hydrogen-bond donors (Lipinski definition) is 3. The van der Waals surface area contributed by atoms with E-state index in [1.807, 2.05) is 0 Å². The van der Waals surface area contributed by atoms with Gasteiger partial charge in [-0.2, -0.15) is 0 Å². The van der Waals surface area contributed by atoms with Crippen LogP contribution in [-0.2, 0) is 14.2 Å². The van der Waals surface area contributed by atoms with Crippen molar-refractivity contribution in [3.8, 4) is 0 Å². The molecule has 24 heavy (non-hydrogen) atoms. The van der Waals surface area contributed by atoms with Crippen LogP contribution in [0.3, 0.4) is 0 Å². The first-order valence-corrected chi connectivity index (χ1v) is 9.72. The molecule has 0 aromatic rings. The summed E-state index contributed by atoms with van der Waals surface area (Å²) < 4.78 is 15.6. The van der Waals surface area contributed by atoms with Gasteiger partial charge in [0, 0.05) is 19.6 Å². The summed E-state index contributed by atoms with van der Waals surface area (Å²) in [5.41, 5.74) is 0. The molecule has 3 aliphatic heterocycles. The Bertz CT molecular complexity index is 257. The Morgan fingerprint density at radius 3 is 2.12 bits per heavy atom. The Labute approximate surface area is 148 Å². The zero-order valence-electron chi connectivity index (χ0n) is 15.9. The molecule has 0 aromatic carbocycles. The van der Waals surface area contributed by atoms with Crippen LogP contribution in [0.1, 0.15) is 52.9 Å². The molecule has 6 heteroatoms. The minimum atomic E-state index is 0.315. The summed E-state index contributed by atoms with van der Waals surface area (Å²) in [6.07, 6.45) is 7.23. The molecule has 2 unspecified atom stereocenters. The lowest BCUT2D eigenvalue weighted by molar-refractivity contribution is 0.0650. The average Bonchev–Trinajstić information content (AvgIpc) is 3.37. The van der Waals surface area contributed by atoms with E-state index in [4.69, 9.17) is 14.2 Å². The summed E-state index contributed by atoms with van der Waals surface area (Å²) in [4.78, 5) is 0. The van der Waals surface area contributed by atoms with Crippen molar-refractivity contribution in [2.45, 2.75) is 65.3 Å². The van der Waals surface area contributed by atoms with Crippen molar-refractivity contribution in [1.82, 2.24) is 16.0 Å².